The highest BCUT2D eigenvalue weighted by Gasteiger charge is 2.18. The Morgan fingerprint density at radius 2 is 1.69 bits per heavy atom. The Hall–Kier alpha value is -3.77. The number of carbonyl (C=O) groups is 1. The maximum Gasteiger partial charge on any atom is 0.267 e. The van der Waals surface area contributed by atoms with Gasteiger partial charge in [-0.15, -0.1) is 11.3 Å². The molecule has 3 aromatic carbocycles. The van der Waals surface area contributed by atoms with Crippen LogP contribution in [0.3, 0.4) is 0 Å². The van der Waals surface area contributed by atoms with Crippen LogP contribution in [0.5, 0.6) is 0 Å². The Labute approximate surface area is 170 Å². The number of rotatable bonds is 3. The van der Waals surface area contributed by atoms with Gasteiger partial charge in [-0.25, -0.2) is 9.97 Å². The number of nitrogens with one attached hydrogen (secondary N) is 1. The van der Waals surface area contributed by atoms with Crippen molar-refractivity contribution in [2.75, 3.05) is 11.1 Å². The van der Waals surface area contributed by atoms with Crippen molar-refractivity contribution in [3.05, 3.63) is 83.9 Å². The third-order valence-electron chi connectivity index (χ3n) is 4.73. The van der Waals surface area contributed by atoms with Crippen LogP contribution in [0.2, 0.25) is 0 Å². The lowest BCUT2D eigenvalue weighted by Gasteiger charge is -2.06. The number of anilines is 2. The standard InChI is InChI=1S/C23H16N4OS/c24-19-18-13-25-21(15-7-2-1-3-8-15)27-23(18)29-20(19)22(28)26-17-11-10-14-6-4-5-9-16(14)12-17/h1-13H,24H2,(H,26,28). The molecule has 5 rings (SSSR count). The van der Waals surface area contributed by atoms with Crippen LogP contribution in [0.1, 0.15) is 9.67 Å². The number of nitrogens with two attached hydrogens (primary N) is 1. The van der Waals surface area contributed by atoms with E-state index in [4.69, 9.17) is 5.73 Å². The van der Waals surface area contributed by atoms with Crippen LogP contribution in [-0.2, 0) is 0 Å². The second-order valence-electron chi connectivity index (χ2n) is 6.64. The highest BCUT2D eigenvalue weighted by Crippen LogP contribution is 2.33. The Bertz CT molecular complexity index is 1360. The van der Waals surface area contributed by atoms with Gasteiger partial charge in [0.1, 0.15) is 9.71 Å². The second-order valence-corrected chi connectivity index (χ2v) is 7.64. The molecule has 0 fully saturated rings. The van der Waals surface area contributed by atoms with Crippen LogP contribution < -0.4 is 11.1 Å². The zero-order valence-corrected chi connectivity index (χ0v) is 16.1. The van der Waals surface area contributed by atoms with Crippen molar-refractivity contribution in [3.8, 4) is 11.4 Å². The zero-order valence-electron chi connectivity index (χ0n) is 15.3. The summed E-state index contributed by atoms with van der Waals surface area (Å²) in [4.78, 5) is 23.0. The molecular formula is C23H16N4OS. The van der Waals surface area contributed by atoms with Gasteiger partial charge >= 0.3 is 0 Å². The summed E-state index contributed by atoms with van der Waals surface area (Å²) < 4.78 is 0. The number of fused-ring (bicyclic) bond motifs is 2. The maximum atomic E-state index is 12.9. The number of aromatic nitrogens is 2. The predicted octanol–water partition coefficient (Wildman–Crippen LogP) is 5.35. The van der Waals surface area contributed by atoms with Gasteiger partial charge in [0.05, 0.1) is 11.1 Å². The number of hydrogen-bond acceptors (Lipinski definition) is 5. The fourth-order valence-electron chi connectivity index (χ4n) is 3.25. The third kappa shape index (κ3) is 3.19. The molecule has 0 aliphatic rings. The molecule has 0 aliphatic carbocycles. The molecule has 5 aromatic rings. The molecule has 0 atom stereocenters. The van der Waals surface area contributed by atoms with Gasteiger partial charge in [0.25, 0.3) is 5.91 Å². The molecular weight excluding hydrogens is 380 g/mol. The Balaban J connectivity index is 1.48. The summed E-state index contributed by atoms with van der Waals surface area (Å²) in [6, 6.07) is 23.6. The van der Waals surface area contributed by atoms with Crippen LogP contribution in [0, 0.1) is 0 Å². The first-order chi connectivity index (χ1) is 14.2. The Morgan fingerprint density at radius 3 is 2.52 bits per heavy atom. The van der Waals surface area contributed by atoms with Crippen LogP contribution in [0.15, 0.2) is 79.0 Å². The van der Waals surface area contributed by atoms with E-state index in [0.29, 0.717) is 26.6 Å². The van der Waals surface area contributed by atoms with Crippen molar-refractivity contribution in [1.82, 2.24) is 9.97 Å². The van der Waals surface area contributed by atoms with Gasteiger partial charge in [0.15, 0.2) is 5.82 Å². The van der Waals surface area contributed by atoms with E-state index in [-0.39, 0.29) is 5.91 Å². The zero-order chi connectivity index (χ0) is 19.8. The maximum absolute atomic E-state index is 12.9. The summed E-state index contributed by atoms with van der Waals surface area (Å²) in [6.45, 7) is 0. The van der Waals surface area contributed by atoms with E-state index in [1.54, 1.807) is 6.20 Å². The molecule has 0 unspecified atom stereocenters. The molecule has 0 saturated heterocycles. The predicted molar refractivity (Wildman–Crippen MR) is 119 cm³/mol. The van der Waals surface area contributed by atoms with Crippen molar-refractivity contribution >= 4 is 49.6 Å². The second kappa shape index (κ2) is 7.00. The monoisotopic (exact) mass is 396 g/mol. The van der Waals surface area contributed by atoms with Crippen LogP contribution >= 0.6 is 11.3 Å². The van der Waals surface area contributed by atoms with E-state index in [1.807, 2.05) is 72.8 Å². The van der Waals surface area contributed by atoms with Crippen molar-refractivity contribution in [2.45, 2.75) is 0 Å². The summed E-state index contributed by atoms with van der Waals surface area (Å²) in [5.41, 5.74) is 8.29. The molecule has 0 radical (unpaired) electrons. The first kappa shape index (κ1) is 17.3. The largest absolute Gasteiger partial charge is 0.397 e. The number of amides is 1. The number of thiophene rings is 1. The van der Waals surface area contributed by atoms with Gasteiger partial charge in [-0.3, -0.25) is 4.79 Å². The third-order valence-corrected chi connectivity index (χ3v) is 5.85. The molecule has 0 aliphatic heterocycles. The van der Waals surface area contributed by atoms with E-state index in [0.717, 1.165) is 22.0 Å². The normalized spacial score (nSPS) is 11.0. The summed E-state index contributed by atoms with van der Waals surface area (Å²) in [5, 5.41) is 5.82. The molecule has 0 spiro atoms. The quantitative estimate of drug-likeness (QED) is 0.431. The fourth-order valence-corrected chi connectivity index (χ4v) is 4.21. The highest BCUT2D eigenvalue weighted by atomic mass is 32.1. The lowest BCUT2D eigenvalue weighted by molar-refractivity contribution is 0.103. The molecule has 2 aromatic heterocycles. The van der Waals surface area contributed by atoms with Crippen LogP contribution in [-0.4, -0.2) is 15.9 Å². The van der Waals surface area contributed by atoms with Gasteiger partial charge < -0.3 is 11.1 Å². The molecule has 29 heavy (non-hydrogen) atoms. The highest BCUT2D eigenvalue weighted by molar-refractivity contribution is 7.21. The topological polar surface area (TPSA) is 80.9 Å². The average molecular weight is 396 g/mol. The Kier molecular flexibility index (Phi) is 4.18. The van der Waals surface area contributed by atoms with Crippen molar-refractivity contribution in [3.63, 3.8) is 0 Å². The van der Waals surface area contributed by atoms with Crippen molar-refractivity contribution in [2.24, 2.45) is 0 Å². The molecule has 6 heteroatoms. The molecule has 5 nitrogen and oxygen atoms in total. The van der Waals surface area contributed by atoms with Gasteiger partial charge in [-0.2, -0.15) is 0 Å². The van der Waals surface area contributed by atoms with Gasteiger partial charge in [-0.1, -0.05) is 60.7 Å². The van der Waals surface area contributed by atoms with Gasteiger partial charge in [-0.05, 0) is 22.9 Å². The van der Waals surface area contributed by atoms with Crippen molar-refractivity contribution < 1.29 is 4.79 Å². The van der Waals surface area contributed by atoms with E-state index in [1.165, 1.54) is 11.3 Å². The number of nitrogens with zero attached hydrogens (tertiary/aromatic N) is 2. The lowest BCUT2D eigenvalue weighted by atomic mass is 10.1. The smallest absolute Gasteiger partial charge is 0.267 e. The van der Waals surface area contributed by atoms with E-state index in [2.05, 4.69) is 15.3 Å². The molecule has 140 valence electrons. The number of carbonyl (C=O) groups excluding carboxylic acids is 1. The number of benzene rings is 3. The van der Waals surface area contributed by atoms with Crippen molar-refractivity contribution in [1.29, 1.82) is 0 Å². The molecule has 3 N–H and O–H groups in total. The van der Waals surface area contributed by atoms with Crippen LogP contribution in [0.4, 0.5) is 11.4 Å². The summed E-state index contributed by atoms with van der Waals surface area (Å²) >= 11 is 1.28. The summed E-state index contributed by atoms with van der Waals surface area (Å²) in [7, 11) is 0. The van der Waals surface area contributed by atoms with E-state index in [9.17, 15) is 4.79 Å². The Morgan fingerprint density at radius 1 is 0.931 bits per heavy atom. The SMILES string of the molecule is Nc1c(C(=O)Nc2ccc3ccccc3c2)sc2nc(-c3ccccc3)ncc12. The number of nitrogen functional groups attached to an aromatic ring is 1. The summed E-state index contributed by atoms with van der Waals surface area (Å²) in [6.07, 6.45) is 1.68. The minimum absolute atomic E-state index is 0.248. The average Bonchev–Trinajstić information content (AvgIpc) is 3.10. The molecule has 2 heterocycles. The van der Waals surface area contributed by atoms with Gasteiger partial charge in [0, 0.05) is 17.4 Å². The van der Waals surface area contributed by atoms with E-state index >= 15 is 0 Å². The first-order valence-corrected chi connectivity index (χ1v) is 9.91. The van der Waals surface area contributed by atoms with Crippen LogP contribution in [0.25, 0.3) is 32.4 Å². The molecule has 0 saturated carbocycles. The minimum atomic E-state index is -0.248. The number of hydrogen-bond donors (Lipinski definition) is 2. The minimum Gasteiger partial charge on any atom is -0.397 e. The first-order valence-electron chi connectivity index (χ1n) is 9.09. The fraction of sp³-hybridized carbons (Fsp3) is 0. The molecule has 1 amide bonds. The van der Waals surface area contributed by atoms with E-state index < -0.39 is 0 Å². The van der Waals surface area contributed by atoms with Gasteiger partial charge in [0.2, 0.25) is 0 Å². The summed E-state index contributed by atoms with van der Waals surface area (Å²) in [5.74, 6) is 0.364. The lowest BCUT2D eigenvalue weighted by Crippen LogP contribution is -2.11. The molecule has 0 bridgehead atoms.